The molecule has 0 saturated carbocycles. The number of benzene rings is 1. The van der Waals surface area contributed by atoms with Gasteiger partial charge >= 0.3 is 0 Å². The van der Waals surface area contributed by atoms with E-state index < -0.39 is 22.5 Å². The number of carbonyl (C=O) groups is 1. The molecule has 1 aromatic carbocycles. The maximum Gasteiger partial charge on any atom is 0.258 e. The summed E-state index contributed by atoms with van der Waals surface area (Å²) in [4.78, 5) is 11.5. The van der Waals surface area contributed by atoms with Gasteiger partial charge in [0.15, 0.2) is 0 Å². The van der Waals surface area contributed by atoms with Crippen molar-refractivity contribution in [1.29, 1.82) is 0 Å². The van der Waals surface area contributed by atoms with Gasteiger partial charge in [-0.1, -0.05) is 24.9 Å². The van der Waals surface area contributed by atoms with Gasteiger partial charge < -0.3 is 0 Å². The van der Waals surface area contributed by atoms with E-state index in [0.29, 0.717) is 17.0 Å². The Morgan fingerprint density at radius 2 is 2.12 bits per heavy atom. The lowest BCUT2D eigenvalue weighted by atomic mass is 10.2. The lowest BCUT2D eigenvalue weighted by Gasteiger charge is -2.20. The van der Waals surface area contributed by atoms with Crippen LogP contribution in [0.4, 0.5) is 0 Å². The number of carbonyl (C=O) groups excluding carboxylic acids is 1. The van der Waals surface area contributed by atoms with Crippen molar-refractivity contribution in [1.82, 2.24) is 9.79 Å². The zero-order valence-electron chi connectivity index (χ0n) is 13.4. The largest absolute Gasteiger partial charge is 0.289 e. The zero-order valence-corrected chi connectivity index (χ0v) is 15.8. The third kappa shape index (κ3) is 3.89. The summed E-state index contributed by atoms with van der Waals surface area (Å²) in [5.41, 5.74) is 2.10. The van der Waals surface area contributed by atoms with Crippen LogP contribution < -0.4 is 5.48 Å². The van der Waals surface area contributed by atoms with Gasteiger partial charge in [-0.2, -0.15) is 4.31 Å². The number of rotatable bonds is 7. The Labute approximate surface area is 150 Å². The molecule has 2 aromatic rings. The van der Waals surface area contributed by atoms with Gasteiger partial charge in [-0.25, -0.2) is 13.9 Å². The van der Waals surface area contributed by atoms with Crippen molar-refractivity contribution < 1.29 is 18.4 Å². The lowest BCUT2D eigenvalue weighted by Crippen LogP contribution is -2.40. The predicted octanol–water partition coefficient (Wildman–Crippen LogP) is 3.16. The van der Waals surface area contributed by atoms with Gasteiger partial charge in [0.25, 0.3) is 15.9 Å². The second kappa shape index (κ2) is 7.79. The fraction of sp³-hybridized carbons (Fsp3) is 0.400. The highest BCUT2D eigenvalue weighted by molar-refractivity contribution is 7.91. The van der Waals surface area contributed by atoms with Crippen molar-refractivity contribution in [3.8, 4) is 0 Å². The van der Waals surface area contributed by atoms with Crippen LogP contribution in [0.3, 0.4) is 0 Å². The minimum atomic E-state index is -3.85. The van der Waals surface area contributed by atoms with Crippen LogP contribution in [0.1, 0.15) is 25.3 Å². The summed E-state index contributed by atoms with van der Waals surface area (Å²) >= 11 is 7.15. The molecule has 0 spiro atoms. The Kier molecular flexibility index (Phi) is 6.22. The SMILES string of the molecule is CCCCN(CC(=O)NO)S(=O)(=O)c1sc2ccc(Cl)cc2c1C. The van der Waals surface area contributed by atoms with Gasteiger partial charge in [0.2, 0.25) is 0 Å². The fourth-order valence-electron chi connectivity index (χ4n) is 2.35. The molecule has 1 amide bonds. The highest BCUT2D eigenvalue weighted by atomic mass is 35.5. The monoisotopic (exact) mass is 390 g/mol. The molecule has 0 aliphatic rings. The van der Waals surface area contributed by atoms with Crippen molar-refractivity contribution in [3.63, 3.8) is 0 Å². The van der Waals surface area contributed by atoms with Crippen LogP contribution in [-0.4, -0.2) is 36.9 Å². The summed E-state index contributed by atoms with van der Waals surface area (Å²) in [5.74, 6) is -0.767. The van der Waals surface area contributed by atoms with Crippen LogP contribution in [0.25, 0.3) is 10.1 Å². The molecule has 0 fully saturated rings. The molecule has 0 aliphatic carbocycles. The number of aryl methyl sites for hydroxylation is 1. The van der Waals surface area contributed by atoms with E-state index in [1.807, 2.05) is 6.92 Å². The Morgan fingerprint density at radius 3 is 2.75 bits per heavy atom. The van der Waals surface area contributed by atoms with Gasteiger partial charge in [-0.05, 0) is 42.5 Å². The second-order valence-electron chi connectivity index (χ2n) is 5.38. The summed E-state index contributed by atoms with van der Waals surface area (Å²) in [6.45, 7) is 3.45. The normalized spacial score (nSPS) is 12.0. The number of thiophene rings is 1. The third-order valence-corrected chi connectivity index (χ3v) is 7.59. The number of nitrogens with zero attached hydrogens (tertiary/aromatic N) is 1. The molecule has 1 heterocycles. The molecule has 0 atom stereocenters. The Morgan fingerprint density at radius 1 is 1.42 bits per heavy atom. The summed E-state index contributed by atoms with van der Waals surface area (Å²) in [5, 5.41) is 10.0. The van der Waals surface area contributed by atoms with E-state index in [1.54, 1.807) is 25.1 Å². The molecule has 1 aromatic heterocycles. The van der Waals surface area contributed by atoms with Crippen LogP contribution >= 0.6 is 22.9 Å². The molecule has 0 saturated heterocycles. The van der Waals surface area contributed by atoms with E-state index in [9.17, 15) is 13.2 Å². The first-order chi connectivity index (χ1) is 11.3. The number of fused-ring (bicyclic) bond motifs is 1. The summed E-state index contributed by atoms with van der Waals surface area (Å²) in [6, 6.07) is 5.23. The molecule has 0 radical (unpaired) electrons. The predicted molar refractivity (Wildman–Crippen MR) is 95.2 cm³/mol. The number of sulfonamides is 1. The first-order valence-electron chi connectivity index (χ1n) is 7.43. The van der Waals surface area contributed by atoms with Crippen molar-refractivity contribution in [2.24, 2.45) is 0 Å². The van der Waals surface area contributed by atoms with E-state index in [-0.39, 0.29) is 10.8 Å². The van der Waals surface area contributed by atoms with Crippen LogP contribution in [0.15, 0.2) is 22.4 Å². The highest BCUT2D eigenvalue weighted by Crippen LogP contribution is 2.37. The molecule has 132 valence electrons. The summed E-state index contributed by atoms with van der Waals surface area (Å²) < 4.78 is 28.1. The average Bonchev–Trinajstić information content (AvgIpc) is 2.88. The van der Waals surface area contributed by atoms with Crippen LogP contribution in [-0.2, 0) is 14.8 Å². The van der Waals surface area contributed by atoms with Gasteiger partial charge in [0.05, 0.1) is 6.54 Å². The van der Waals surface area contributed by atoms with E-state index in [0.717, 1.165) is 32.1 Å². The van der Waals surface area contributed by atoms with E-state index in [4.69, 9.17) is 16.8 Å². The number of hydrogen-bond donors (Lipinski definition) is 2. The standard InChI is InChI=1S/C15H19ClN2O4S2/c1-3-4-7-18(9-14(19)17-20)24(21,22)15-10(2)12-8-11(16)5-6-13(12)23-15/h5-6,8,20H,3-4,7,9H2,1-2H3,(H,17,19). The molecular weight excluding hydrogens is 372 g/mol. The second-order valence-corrected chi connectivity index (χ2v) is 9.00. The quantitative estimate of drug-likeness (QED) is 0.561. The third-order valence-electron chi connectivity index (χ3n) is 3.63. The van der Waals surface area contributed by atoms with Crippen molar-refractivity contribution in [3.05, 3.63) is 28.8 Å². The topological polar surface area (TPSA) is 86.7 Å². The van der Waals surface area contributed by atoms with Gasteiger partial charge in [-0.3, -0.25) is 10.0 Å². The van der Waals surface area contributed by atoms with Crippen LogP contribution in [0.2, 0.25) is 5.02 Å². The number of halogens is 1. The molecule has 0 aliphatic heterocycles. The molecule has 2 rings (SSSR count). The van der Waals surface area contributed by atoms with E-state index >= 15 is 0 Å². The zero-order chi connectivity index (χ0) is 17.9. The molecular formula is C15H19ClN2O4S2. The fourth-order valence-corrected chi connectivity index (χ4v) is 5.84. The highest BCUT2D eigenvalue weighted by Gasteiger charge is 2.30. The minimum Gasteiger partial charge on any atom is -0.289 e. The first kappa shape index (κ1) is 19.1. The molecule has 24 heavy (non-hydrogen) atoms. The first-order valence-corrected chi connectivity index (χ1v) is 10.1. The van der Waals surface area contributed by atoms with Gasteiger partial charge in [0.1, 0.15) is 4.21 Å². The molecule has 0 unspecified atom stereocenters. The smallest absolute Gasteiger partial charge is 0.258 e. The minimum absolute atomic E-state index is 0.196. The number of amides is 1. The van der Waals surface area contributed by atoms with Crippen LogP contribution in [0, 0.1) is 6.92 Å². The van der Waals surface area contributed by atoms with Crippen molar-refractivity contribution >= 4 is 49.0 Å². The molecule has 0 bridgehead atoms. The Bertz CT molecular complexity index is 849. The van der Waals surface area contributed by atoms with Crippen molar-refractivity contribution in [2.45, 2.75) is 30.9 Å². The van der Waals surface area contributed by atoms with E-state index in [2.05, 4.69) is 0 Å². The number of nitrogens with one attached hydrogen (secondary N) is 1. The summed E-state index contributed by atoms with van der Waals surface area (Å²) in [6.07, 6.45) is 1.40. The van der Waals surface area contributed by atoms with Gasteiger partial charge in [-0.15, -0.1) is 11.3 Å². The Balaban J connectivity index is 2.49. The maximum absolute atomic E-state index is 13.0. The summed E-state index contributed by atoms with van der Waals surface area (Å²) in [7, 11) is -3.85. The Hall–Kier alpha value is -1.19. The molecule has 9 heteroatoms. The van der Waals surface area contributed by atoms with Gasteiger partial charge in [0, 0.05) is 16.3 Å². The number of hydrogen-bond acceptors (Lipinski definition) is 5. The lowest BCUT2D eigenvalue weighted by molar-refractivity contribution is -0.129. The van der Waals surface area contributed by atoms with Crippen LogP contribution in [0.5, 0.6) is 0 Å². The van der Waals surface area contributed by atoms with E-state index in [1.165, 1.54) is 5.48 Å². The van der Waals surface area contributed by atoms with Crippen molar-refractivity contribution in [2.75, 3.05) is 13.1 Å². The average molecular weight is 391 g/mol. The maximum atomic E-state index is 13.0. The number of hydroxylamine groups is 1. The number of unbranched alkanes of at least 4 members (excludes halogenated alkanes) is 1. The molecule has 2 N–H and O–H groups in total. The molecule has 6 nitrogen and oxygen atoms in total.